The van der Waals surface area contributed by atoms with Crippen LogP contribution in [0.5, 0.6) is 0 Å². The van der Waals surface area contributed by atoms with Gasteiger partial charge in [-0.2, -0.15) is 0 Å². The van der Waals surface area contributed by atoms with Crippen LogP contribution in [0, 0.1) is 5.41 Å². The molecule has 1 amide bonds. The summed E-state index contributed by atoms with van der Waals surface area (Å²) >= 11 is 0. The van der Waals surface area contributed by atoms with Crippen LogP contribution >= 0.6 is 0 Å². The maximum Gasteiger partial charge on any atom is 0.330 e. The summed E-state index contributed by atoms with van der Waals surface area (Å²) in [5.41, 5.74) is -0.478. The van der Waals surface area contributed by atoms with Gasteiger partial charge >= 0.3 is 5.97 Å². The number of hydrogen-bond donors (Lipinski definition) is 0. The molecule has 2 saturated heterocycles. The van der Waals surface area contributed by atoms with E-state index in [9.17, 15) is 9.59 Å². The Kier molecular flexibility index (Phi) is 3.12. The van der Waals surface area contributed by atoms with E-state index >= 15 is 0 Å². The lowest BCUT2D eigenvalue weighted by Gasteiger charge is -2.42. The molecule has 17 heavy (non-hydrogen) atoms. The molecule has 0 spiro atoms. The van der Waals surface area contributed by atoms with E-state index in [-0.39, 0.29) is 17.9 Å². The van der Waals surface area contributed by atoms with E-state index in [1.165, 1.54) is 0 Å². The predicted octanol–water partition coefficient (Wildman–Crippen LogP) is 0.797. The molecule has 0 aromatic rings. The van der Waals surface area contributed by atoms with Crippen molar-refractivity contribution in [1.82, 2.24) is 9.96 Å². The molecule has 0 aromatic heterocycles. The van der Waals surface area contributed by atoms with Crippen LogP contribution < -0.4 is 0 Å². The molecule has 0 bridgehead atoms. The summed E-state index contributed by atoms with van der Waals surface area (Å²) in [6.07, 6.45) is 1.62. The van der Waals surface area contributed by atoms with Crippen molar-refractivity contribution < 1.29 is 14.4 Å². The third-order valence-electron chi connectivity index (χ3n) is 3.20. The van der Waals surface area contributed by atoms with Crippen LogP contribution in [-0.4, -0.2) is 47.5 Å². The summed E-state index contributed by atoms with van der Waals surface area (Å²) in [6.45, 7) is 7.63. The second-order valence-electron chi connectivity index (χ2n) is 5.82. The topological polar surface area (TPSA) is 49.9 Å². The average molecular weight is 240 g/mol. The Labute approximate surface area is 102 Å². The highest BCUT2D eigenvalue weighted by Crippen LogP contribution is 2.23. The molecule has 2 fully saturated rings. The Bertz CT molecular complexity index is 329. The molecule has 96 valence electrons. The van der Waals surface area contributed by atoms with E-state index in [0.29, 0.717) is 19.5 Å². The standard InChI is InChI=1S/C12H20N2O3/c1-12(2,3)11(16)17-13-7-9(8-13)14-6-4-5-10(14)15/h9H,4-8H2,1-3H3. The first-order valence-corrected chi connectivity index (χ1v) is 6.15. The lowest BCUT2D eigenvalue weighted by molar-refractivity contribution is -0.229. The third kappa shape index (κ3) is 2.60. The van der Waals surface area contributed by atoms with Gasteiger partial charge in [0.25, 0.3) is 0 Å². The Balaban J connectivity index is 1.76. The number of amides is 1. The van der Waals surface area contributed by atoms with Crippen LogP contribution in [0.2, 0.25) is 0 Å². The number of hydroxylamine groups is 2. The number of rotatable bonds is 2. The molecule has 2 heterocycles. The van der Waals surface area contributed by atoms with Crippen molar-refractivity contribution >= 4 is 11.9 Å². The van der Waals surface area contributed by atoms with Crippen LogP contribution in [0.15, 0.2) is 0 Å². The SMILES string of the molecule is CC(C)(C)C(=O)ON1CC(N2CCCC2=O)C1. The maximum atomic E-state index is 11.6. The number of carbonyl (C=O) groups excluding carboxylic acids is 2. The molecule has 5 nitrogen and oxygen atoms in total. The van der Waals surface area contributed by atoms with Crippen molar-refractivity contribution in [3.8, 4) is 0 Å². The minimum Gasteiger partial charge on any atom is -0.367 e. The molecule has 2 aliphatic rings. The monoisotopic (exact) mass is 240 g/mol. The van der Waals surface area contributed by atoms with E-state index in [4.69, 9.17) is 4.84 Å². The quantitative estimate of drug-likeness (QED) is 0.716. The second-order valence-corrected chi connectivity index (χ2v) is 5.82. The summed E-state index contributed by atoms with van der Waals surface area (Å²) in [5.74, 6) is 0.0143. The zero-order chi connectivity index (χ0) is 12.6. The fraction of sp³-hybridized carbons (Fsp3) is 0.833. The molecule has 2 rings (SSSR count). The highest BCUT2D eigenvalue weighted by atomic mass is 16.7. The first-order valence-electron chi connectivity index (χ1n) is 6.15. The van der Waals surface area contributed by atoms with Gasteiger partial charge < -0.3 is 9.74 Å². The second kappa shape index (κ2) is 4.29. The van der Waals surface area contributed by atoms with E-state index in [1.807, 2.05) is 25.7 Å². The maximum absolute atomic E-state index is 11.6. The largest absolute Gasteiger partial charge is 0.367 e. The Morgan fingerprint density at radius 1 is 1.35 bits per heavy atom. The van der Waals surface area contributed by atoms with E-state index in [2.05, 4.69) is 0 Å². The van der Waals surface area contributed by atoms with Crippen LogP contribution in [-0.2, 0) is 14.4 Å². The van der Waals surface area contributed by atoms with Crippen molar-refractivity contribution in [2.75, 3.05) is 19.6 Å². The van der Waals surface area contributed by atoms with Gasteiger partial charge in [0.2, 0.25) is 5.91 Å². The summed E-state index contributed by atoms with van der Waals surface area (Å²) in [7, 11) is 0. The van der Waals surface area contributed by atoms with Gasteiger partial charge in [-0.05, 0) is 27.2 Å². The molecule has 0 aliphatic carbocycles. The van der Waals surface area contributed by atoms with Crippen LogP contribution in [0.25, 0.3) is 0 Å². The number of carbonyl (C=O) groups is 2. The smallest absolute Gasteiger partial charge is 0.330 e. The first kappa shape index (κ1) is 12.4. The number of likely N-dealkylation sites (tertiary alicyclic amines) is 1. The minimum absolute atomic E-state index is 0.219. The number of nitrogens with zero attached hydrogens (tertiary/aromatic N) is 2. The fourth-order valence-electron chi connectivity index (χ4n) is 2.00. The van der Waals surface area contributed by atoms with Gasteiger partial charge in [0.1, 0.15) is 0 Å². The van der Waals surface area contributed by atoms with Gasteiger partial charge in [0.05, 0.1) is 24.5 Å². The first-order chi connectivity index (χ1) is 7.88. The predicted molar refractivity (Wildman–Crippen MR) is 61.9 cm³/mol. The van der Waals surface area contributed by atoms with E-state index in [0.717, 1.165) is 13.0 Å². The molecule has 0 saturated carbocycles. The van der Waals surface area contributed by atoms with Gasteiger partial charge in [0, 0.05) is 13.0 Å². The lowest BCUT2D eigenvalue weighted by Crippen LogP contribution is -2.60. The Morgan fingerprint density at radius 3 is 2.47 bits per heavy atom. The molecule has 0 N–H and O–H groups in total. The van der Waals surface area contributed by atoms with Crippen LogP contribution in [0.3, 0.4) is 0 Å². The molecule has 0 atom stereocenters. The fourth-order valence-corrected chi connectivity index (χ4v) is 2.00. The van der Waals surface area contributed by atoms with Crippen molar-refractivity contribution in [3.63, 3.8) is 0 Å². The van der Waals surface area contributed by atoms with Crippen molar-refractivity contribution in [1.29, 1.82) is 0 Å². The van der Waals surface area contributed by atoms with Gasteiger partial charge in [-0.25, -0.2) is 4.79 Å². The summed E-state index contributed by atoms with van der Waals surface area (Å²) in [4.78, 5) is 30.2. The summed E-state index contributed by atoms with van der Waals surface area (Å²) < 4.78 is 0. The van der Waals surface area contributed by atoms with Gasteiger partial charge in [0.15, 0.2) is 0 Å². The molecule has 5 heteroatoms. The molecule has 0 unspecified atom stereocenters. The highest BCUT2D eigenvalue weighted by Gasteiger charge is 2.39. The van der Waals surface area contributed by atoms with E-state index < -0.39 is 5.41 Å². The van der Waals surface area contributed by atoms with Gasteiger partial charge in [-0.1, -0.05) is 0 Å². The van der Waals surface area contributed by atoms with Crippen molar-refractivity contribution in [2.24, 2.45) is 5.41 Å². The highest BCUT2D eigenvalue weighted by molar-refractivity contribution is 5.78. The zero-order valence-corrected chi connectivity index (χ0v) is 10.7. The normalized spacial score (nSPS) is 22.8. The van der Waals surface area contributed by atoms with Gasteiger partial charge in [-0.15, -0.1) is 5.06 Å². The van der Waals surface area contributed by atoms with Crippen LogP contribution in [0.1, 0.15) is 33.6 Å². The summed E-state index contributed by atoms with van der Waals surface area (Å²) in [6, 6.07) is 0.234. The minimum atomic E-state index is -0.478. The Hall–Kier alpha value is -1.10. The third-order valence-corrected chi connectivity index (χ3v) is 3.20. The van der Waals surface area contributed by atoms with Crippen molar-refractivity contribution in [3.05, 3.63) is 0 Å². The molecule has 2 aliphatic heterocycles. The number of hydrogen-bond acceptors (Lipinski definition) is 4. The molecular weight excluding hydrogens is 220 g/mol. The molecule has 0 radical (unpaired) electrons. The van der Waals surface area contributed by atoms with Crippen molar-refractivity contribution in [2.45, 2.75) is 39.7 Å². The zero-order valence-electron chi connectivity index (χ0n) is 10.7. The van der Waals surface area contributed by atoms with Gasteiger partial charge in [-0.3, -0.25) is 4.79 Å². The summed E-state index contributed by atoms with van der Waals surface area (Å²) in [5, 5.41) is 1.64. The lowest BCUT2D eigenvalue weighted by atomic mass is 9.98. The van der Waals surface area contributed by atoms with E-state index in [1.54, 1.807) is 5.06 Å². The Morgan fingerprint density at radius 2 is 2.00 bits per heavy atom. The molecular formula is C12H20N2O3. The molecule has 0 aromatic carbocycles. The van der Waals surface area contributed by atoms with Crippen LogP contribution in [0.4, 0.5) is 0 Å². The average Bonchev–Trinajstić information content (AvgIpc) is 2.55.